The molecule has 0 saturated carbocycles. The Morgan fingerprint density at radius 1 is 1.17 bits per heavy atom. The molecule has 2 heterocycles. The Morgan fingerprint density at radius 2 is 2.00 bits per heavy atom. The SMILES string of the molecule is NC(c1ccc(Cl)s1)c1cccc2c1OCCO2. The second-order valence-electron chi connectivity index (χ2n) is 3.99. The van der Waals surface area contributed by atoms with Gasteiger partial charge in [0.05, 0.1) is 10.4 Å². The van der Waals surface area contributed by atoms with Gasteiger partial charge in [-0.05, 0) is 18.2 Å². The van der Waals surface area contributed by atoms with Gasteiger partial charge in [0, 0.05) is 10.4 Å². The number of fused-ring (bicyclic) bond motifs is 1. The van der Waals surface area contributed by atoms with Crippen LogP contribution in [0.1, 0.15) is 16.5 Å². The van der Waals surface area contributed by atoms with Crippen LogP contribution < -0.4 is 15.2 Å². The maximum Gasteiger partial charge on any atom is 0.166 e. The number of para-hydroxylation sites is 1. The van der Waals surface area contributed by atoms with E-state index in [1.54, 1.807) is 0 Å². The molecule has 0 spiro atoms. The molecule has 1 aliphatic rings. The number of ether oxygens (including phenoxy) is 2. The van der Waals surface area contributed by atoms with Crippen LogP contribution in [-0.4, -0.2) is 13.2 Å². The highest BCUT2D eigenvalue weighted by Crippen LogP contribution is 2.39. The number of rotatable bonds is 2. The molecule has 2 aromatic rings. The number of hydrogen-bond donors (Lipinski definition) is 1. The highest BCUT2D eigenvalue weighted by molar-refractivity contribution is 7.16. The van der Waals surface area contributed by atoms with Crippen LogP contribution in [-0.2, 0) is 0 Å². The fourth-order valence-corrected chi connectivity index (χ4v) is 3.07. The van der Waals surface area contributed by atoms with Crippen molar-refractivity contribution in [3.63, 3.8) is 0 Å². The number of halogens is 1. The smallest absolute Gasteiger partial charge is 0.166 e. The summed E-state index contributed by atoms with van der Waals surface area (Å²) < 4.78 is 12.0. The highest BCUT2D eigenvalue weighted by atomic mass is 35.5. The van der Waals surface area contributed by atoms with E-state index in [-0.39, 0.29) is 6.04 Å². The molecular formula is C13H12ClNO2S. The Morgan fingerprint density at radius 3 is 2.78 bits per heavy atom. The van der Waals surface area contributed by atoms with E-state index in [0.29, 0.717) is 13.2 Å². The quantitative estimate of drug-likeness (QED) is 0.919. The Balaban J connectivity index is 2.01. The van der Waals surface area contributed by atoms with Crippen molar-refractivity contribution in [1.82, 2.24) is 0 Å². The molecule has 3 nitrogen and oxygen atoms in total. The van der Waals surface area contributed by atoms with Crippen LogP contribution in [0.15, 0.2) is 30.3 Å². The maximum atomic E-state index is 6.27. The van der Waals surface area contributed by atoms with E-state index in [1.807, 2.05) is 30.3 Å². The summed E-state index contributed by atoms with van der Waals surface area (Å²) in [6, 6.07) is 9.35. The normalized spacial score (nSPS) is 15.4. The van der Waals surface area contributed by atoms with Gasteiger partial charge in [0.1, 0.15) is 13.2 Å². The molecule has 0 aliphatic carbocycles. The Kier molecular flexibility index (Phi) is 3.16. The molecule has 94 valence electrons. The van der Waals surface area contributed by atoms with E-state index in [2.05, 4.69) is 0 Å². The fraction of sp³-hybridized carbons (Fsp3) is 0.231. The summed E-state index contributed by atoms with van der Waals surface area (Å²) in [7, 11) is 0. The maximum absolute atomic E-state index is 6.27. The molecule has 5 heteroatoms. The van der Waals surface area contributed by atoms with E-state index in [4.69, 9.17) is 26.8 Å². The minimum absolute atomic E-state index is 0.237. The highest BCUT2D eigenvalue weighted by Gasteiger charge is 2.21. The molecular weight excluding hydrogens is 270 g/mol. The van der Waals surface area contributed by atoms with Crippen molar-refractivity contribution in [2.24, 2.45) is 5.73 Å². The molecule has 2 N–H and O–H groups in total. The monoisotopic (exact) mass is 281 g/mol. The average molecular weight is 282 g/mol. The Labute approximate surface area is 114 Å². The largest absolute Gasteiger partial charge is 0.486 e. The first-order chi connectivity index (χ1) is 8.75. The van der Waals surface area contributed by atoms with Crippen LogP contribution in [0, 0.1) is 0 Å². The van der Waals surface area contributed by atoms with Gasteiger partial charge in [-0.1, -0.05) is 23.7 Å². The lowest BCUT2D eigenvalue weighted by Crippen LogP contribution is -2.19. The van der Waals surface area contributed by atoms with E-state index in [9.17, 15) is 0 Å². The molecule has 1 aromatic heterocycles. The summed E-state index contributed by atoms with van der Waals surface area (Å²) >= 11 is 7.43. The standard InChI is InChI=1S/C13H12ClNO2S/c14-11-5-4-10(18-11)12(15)8-2-1-3-9-13(8)17-7-6-16-9/h1-5,12H,6-7,15H2. The van der Waals surface area contributed by atoms with Crippen molar-refractivity contribution in [1.29, 1.82) is 0 Å². The molecule has 0 saturated heterocycles. The van der Waals surface area contributed by atoms with Crippen molar-refractivity contribution in [2.45, 2.75) is 6.04 Å². The van der Waals surface area contributed by atoms with Gasteiger partial charge < -0.3 is 15.2 Å². The van der Waals surface area contributed by atoms with Crippen LogP contribution in [0.5, 0.6) is 11.5 Å². The topological polar surface area (TPSA) is 44.5 Å². The Hall–Kier alpha value is -1.23. The molecule has 18 heavy (non-hydrogen) atoms. The third-order valence-electron chi connectivity index (χ3n) is 2.83. The van der Waals surface area contributed by atoms with Gasteiger partial charge in [0.2, 0.25) is 0 Å². The lowest BCUT2D eigenvalue weighted by Gasteiger charge is -2.23. The summed E-state index contributed by atoms with van der Waals surface area (Å²) in [6.45, 7) is 1.14. The van der Waals surface area contributed by atoms with Gasteiger partial charge >= 0.3 is 0 Å². The predicted molar refractivity (Wildman–Crippen MR) is 72.8 cm³/mol. The van der Waals surface area contributed by atoms with Crippen molar-refractivity contribution in [2.75, 3.05) is 13.2 Å². The van der Waals surface area contributed by atoms with Crippen molar-refractivity contribution < 1.29 is 9.47 Å². The molecule has 0 amide bonds. The van der Waals surface area contributed by atoms with E-state index < -0.39 is 0 Å². The molecule has 1 unspecified atom stereocenters. The lowest BCUT2D eigenvalue weighted by atomic mass is 10.0. The number of thiophene rings is 1. The molecule has 0 bridgehead atoms. The van der Waals surface area contributed by atoms with E-state index in [1.165, 1.54) is 11.3 Å². The van der Waals surface area contributed by atoms with Gasteiger partial charge in [-0.2, -0.15) is 0 Å². The van der Waals surface area contributed by atoms with Crippen LogP contribution in [0.4, 0.5) is 0 Å². The first kappa shape index (κ1) is 11.8. The van der Waals surface area contributed by atoms with Crippen LogP contribution in [0.2, 0.25) is 4.34 Å². The summed E-state index contributed by atoms with van der Waals surface area (Å²) in [5.41, 5.74) is 7.21. The zero-order chi connectivity index (χ0) is 12.5. The average Bonchev–Trinajstić information content (AvgIpc) is 2.84. The summed E-state index contributed by atoms with van der Waals surface area (Å²) in [6.07, 6.45) is 0. The minimum atomic E-state index is -0.237. The predicted octanol–water partition coefficient (Wildman–Crippen LogP) is 3.22. The molecule has 3 rings (SSSR count). The molecule has 0 fully saturated rings. The molecule has 0 radical (unpaired) electrons. The van der Waals surface area contributed by atoms with Gasteiger partial charge in [-0.15, -0.1) is 11.3 Å². The van der Waals surface area contributed by atoms with E-state index >= 15 is 0 Å². The van der Waals surface area contributed by atoms with Crippen molar-refractivity contribution in [3.05, 3.63) is 45.1 Å². The van der Waals surface area contributed by atoms with Crippen LogP contribution in [0.3, 0.4) is 0 Å². The summed E-state index contributed by atoms with van der Waals surface area (Å²) in [4.78, 5) is 1.02. The first-order valence-electron chi connectivity index (χ1n) is 5.65. The number of nitrogens with two attached hydrogens (primary N) is 1. The van der Waals surface area contributed by atoms with Gasteiger partial charge in [0.25, 0.3) is 0 Å². The van der Waals surface area contributed by atoms with Crippen LogP contribution >= 0.6 is 22.9 Å². The second kappa shape index (κ2) is 4.80. The Bertz CT molecular complexity index is 570. The third kappa shape index (κ3) is 2.07. The van der Waals surface area contributed by atoms with Crippen molar-refractivity contribution >= 4 is 22.9 Å². The second-order valence-corrected chi connectivity index (χ2v) is 5.74. The first-order valence-corrected chi connectivity index (χ1v) is 6.84. The number of hydrogen-bond acceptors (Lipinski definition) is 4. The summed E-state index contributed by atoms with van der Waals surface area (Å²) in [5.74, 6) is 1.51. The number of benzene rings is 1. The van der Waals surface area contributed by atoms with E-state index in [0.717, 1.165) is 26.3 Å². The molecule has 1 aliphatic heterocycles. The third-order valence-corrected chi connectivity index (χ3v) is 4.15. The zero-order valence-electron chi connectivity index (χ0n) is 9.56. The molecule has 1 aromatic carbocycles. The fourth-order valence-electron chi connectivity index (χ4n) is 1.99. The summed E-state index contributed by atoms with van der Waals surface area (Å²) in [5, 5.41) is 0. The molecule has 1 atom stereocenters. The minimum Gasteiger partial charge on any atom is -0.486 e. The van der Waals surface area contributed by atoms with Gasteiger partial charge in [-0.25, -0.2) is 0 Å². The van der Waals surface area contributed by atoms with Crippen molar-refractivity contribution in [3.8, 4) is 11.5 Å². The van der Waals surface area contributed by atoms with Gasteiger partial charge in [-0.3, -0.25) is 0 Å². The zero-order valence-corrected chi connectivity index (χ0v) is 11.1. The van der Waals surface area contributed by atoms with Crippen LogP contribution in [0.25, 0.3) is 0 Å². The van der Waals surface area contributed by atoms with Gasteiger partial charge in [0.15, 0.2) is 11.5 Å². The lowest BCUT2D eigenvalue weighted by molar-refractivity contribution is 0.169.